The minimum atomic E-state index is -0.508. The second-order valence-electron chi connectivity index (χ2n) is 7.64. The van der Waals surface area contributed by atoms with Gasteiger partial charge in [0.25, 0.3) is 0 Å². The summed E-state index contributed by atoms with van der Waals surface area (Å²) < 4.78 is 17.2. The zero-order chi connectivity index (χ0) is 20.3. The van der Waals surface area contributed by atoms with Gasteiger partial charge in [-0.1, -0.05) is 19.1 Å². The van der Waals surface area contributed by atoms with Crippen molar-refractivity contribution in [2.75, 3.05) is 26.4 Å². The number of hydrogen-bond donors (Lipinski definition) is 1. The van der Waals surface area contributed by atoms with E-state index >= 15 is 0 Å². The van der Waals surface area contributed by atoms with Crippen LogP contribution in [0.15, 0.2) is 6.20 Å². The fourth-order valence-electron chi connectivity index (χ4n) is 1.80. The number of aromatic nitrogens is 3. The summed E-state index contributed by atoms with van der Waals surface area (Å²) in [6.07, 6.45) is 2.11. The van der Waals surface area contributed by atoms with Crippen LogP contribution in [0, 0.1) is 11.3 Å². The lowest BCUT2D eigenvalue weighted by Gasteiger charge is -2.16. The predicted molar refractivity (Wildman–Crippen MR) is 98.9 cm³/mol. The smallest absolute Gasteiger partial charge is 0.407 e. The first kappa shape index (κ1) is 22.9. The van der Waals surface area contributed by atoms with Crippen LogP contribution in [0.3, 0.4) is 0 Å². The highest BCUT2D eigenvalue weighted by Crippen LogP contribution is 2.14. The molecular weight excluding hydrogens is 352 g/mol. The molecule has 0 spiro atoms. The molecule has 0 aliphatic heterocycles. The number of nitrogens with one attached hydrogen (secondary N) is 1. The fraction of sp³-hybridized carbons (Fsp3) is 0.778. The highest BCUT2D eigenvalue weighted by Gasteiger charge is 2.22. The van der Waals surface area contributed by atoms with Gasteiger partial charge in [-0.25, -0.2) is 9.48 Å². The number of rotatable bonds is 11. The minimum Gasteiger partial charge on any atom is -0.463 e. The Bertz CT molecular complexity index is 581. The van der Waals surface area contributed by atoms with Crippen molar-refractivity contribution in [3.63, 3.8) is 0 Å². The van der Waals surface area contributed by atoms with E-state index in [9.17, 15) is 9.59 Å². The van der Waals surface area contributed by atoms with E-state index in [0.29, 0.717) is 38.0 Å². The molecule has 9 heteroatoms. The second-order valence-corrected chi connectivity index (χ2v) is 7.64. The molecule has 0 aromatic carbocycles. The summed E-state index contributed by atoms with van der Waals surface area (Å²) in [4.78, 5) is 23.1. The number of nitrogens with zero attached hydrogens (tertiary/aromatic N) is 3. The van der Waals surface area contributed by atoms with Crippen molar-refractivity contribution in [2.45, 2.75) is 54.1 Å². The molecular formula is C18H32N4O5. The maximum Gasteiger partial charge on any atom is 0.407 e. The molecule has 0 saturated carbocycles. The third-order valence-corrected chi connectivity index (χ3v) is 3.47. The average Bonchev–Trinajstić information content (AvgIpc) is 3.02. The van der Waals surface area contributed by atoms with Gasteiger partial charge < -0.3 is 19.5 Å². The standard InChI is InChI=1S/C18H32N4O5/c1-14(2)6-8-27-17(24)19-12-15-13-22(21-20-15)7-9-25-10-11-26-16(23)18(3,4)5/h13-14H,6-12H2,1-5H3,(H,19,24). The number of alkyl carbamates (subject to hydrolysis) is 1. The van der Waals surface area contributed by atoms with Gasteiger partial charge in [0.2, 0.25) is 0 Å². The van der Waals surface area contributed by atoms with Crippen molar-refractivity contribution >= 4 is 12.1 Å². The van der Waals surface area contributed by atoms with Crippen LogP contribution in [0.2, 0.25) is 0 Å². The Kier molecular flexibility index (Phi) is 9.77. The maximum absolute atomic E-state index is 11.6. The highest BCUT2D eigenvalue weighted by atomic mass is 16.6. The predicted octanol–water partition coefficient (Wildman–Crippen LogP) is 2.16. The van der Waals surface area contributed by atoms with E-state index < -0.39 is 11.5 Å². The molecule has 1 amide bonds. The number of hydrogen-bond acceptors (Lipinski definition) is 7. The van der Waals surface area contributed by atoms with Gasteiger partial charge in [-0.05, 0) is 33.1 Å². The van der Waals surface area contributed by atoms with E-state index in [0.717, 1.165) is 6.42 Å². The molecule has 0 aliphatic carbocycles. The monoisotopic (exact) mass is 384 g/mol. The van der Waals surface area contributed by atoms with E-state index in [1.807, 2.05) is 0 Å². The topological polar surface area (TPSA) is 105 Å². The zero-order valence-electron chi connectivity index (χ0n) is 17.0. The van der Waals surface area contributed by atoms with Gasteiger partial charge in [-0.2, -0.15) is 0 Å². The SMILES string of the molecule is CC(C)CCOC(=O)NCc1cn(CCOCCOC(=O)C(C)(C)C)nn1. The lowest BCUT2D eigenvalue weighted by Crippen LogP contribution is -2.24. The van der Waals surface area contributed by atoms with Gasteiger partial charge in [0.15, 0.2) is 0 Å². The largest absolute Gasteiger partial charge is 0.463 e. The summed E-state index contributed by atoms with van der Waals surface area (Å²) in [6, 6.07) is 0. The summed E-state index contributed by atoms with van der Waals surface area (Å²) in [5.41, 5.74) is 0.126. The van der Waals surface area contributed by atoms with Crippen LogP contribution in [0.1, 0.15) is 46.7 Å². The molecule has 0 bridgehead atoms. The molecule has 0 saturated heterocycles. The molecule has 0 atom stereocenters. The third-order valence-electron chi connectivity index (χ3n) is 3.47. The van der Waals surface area contributed by atoms with Crippen LogP contribution >= 0.6 is 0 Å². The first-order chi connectivity index (χ1) is 12.7. The number of amides is 1. The molecule has 0 unspecified atom stereocenters. The average molecular weight is 384 g/mol. The van der Waals surface area contributed by atoms with Crippen molar-refractivity contribution in [2.24, 2.45) is 11.3 Å². The van der Waals surface area contributed by atoms with Gasteiger partial charge in [0, 0.05) is 0 Å². The molecule has 27 heavy (non-hydrogen) atoms. The molecule has 1 rings (SSSR count). The zero-order valence-corrected chi connectivity index (χ0v) is 17.0. The van der Waals surface area contributed by atoms with E-state index in [1.54, 1.807) is 31.6 Å². The fourth-order valence-corrected chi connectivity index (χ4v) is 1.80. The van der Waals surface area contributed by atoms with Crippen LogP contribution in [0.5, 0.6) is 0 Å². The van der Waals surface area contributed by atoms with E-state index in [-0.39, 0.29) is 19.1 Å². The van der Waals surface area contributed by atoms with E-state index in [1.165, 1.54) is 0 Å². The Hall–Kier alpha value is -2.16. The van der Waals surface area contributed by atoms with Crippen molar-refractivity contribution < 1.29 is 23.8 Å². The summed E-state index contributed by atoms with van der Waals surface area (Å²) in [6.45, 7) is 11.7. The molecule has 1 N–H and O–H groups in total. The number of carbonyl (C=O) groups excluding carboxylic acids is 2. The van der Waals surface area contributed by atoms with Gasteiger partial charge in [-0.3, -0.25) is 4.79 Å². The van der Waals surface area contributed by atoms with Crippen molar-refractivity contribution in [1.82, 2.24) is 20.3 Å². The Morgan fingerprint density at radius 2 is 1.89 bits per heavy atom. The molecule has 1 aromatic rings. The van der Waals surface area contributed by atoms with Crippen LogP contribution < -0.4 is 5.32 Å². The normalized spacial score (nSPS) is 11.5. The maximum atomic E-state index is 11.6. The Balaban J connectivity index is 2.13. The third kappa shape index (κ3) is 10.5. The van der Waals surface area contributed by atoms with Gasteiger partial charge in [0.1, 0.15) is 12.3 Å². The molecule has 154 valence electrons. The lowest BCUT2D eigenvalue weighted by molar-refractivity contribution is -0.154. The quantitative estimate of drug-likeness (QED) is 0.460. The van der Waals surface area contributed by atoms with E-state index in [4.69, 9.17) is 14.2 Å². The van der Waals surface area contributed by atoms with Crippen LogP contribution in [-0.2, 0) is 32.1 Å². The number of ether oxygens (including phenoxy) is 3. The first-order valence-corrected chi connectivity index (χ1v) is 9.23. The molecule has 0 aliphatic rings. The highest BCUT2D eigenvalue weighted by molar-refractivity contribution is 5.75. The first-order valence-electron chi connectivity index (χ1n) is 9.23. The molecule has 1 heterocycles. The molecule has 0 fully saturated rings. The molecule has 1 aromatic heterocycles. The van der Waals surface area contributed by atoms with Crippen LogP contribution in [0.25, 0.3) is 0 Å². The van der Waals surface area contributed by atoms with Crippen LogP contribution in [0.4, 0.5) is 4.79 Å². The number of esters is 1. The Morgan fingerprint density at radius 3 is 2.56 bits per heavy atom. The van der Waals surface area contributed by atoms with Crippen LogP contribution in [-0.4, -0.2) is 53.5 Å². The summed E-state index contributed by atoms with van der Waals surface area (Å²) in [5, 5.41) is 10.6. The lowest BCUT2D eigenvalue weighted by atomic mass is 9.97. The summed E-state index contributed by atoms with van der Waals surface area (Å²) in [5.74, 6) is 0.243. The summed E-state index contributed by atoms with van der Waals surface area (Å²) >= 11 is 0. The molecule has 0 radical (unpaired) electrons. The Labute approximate surface area is 160 Å². The van der Waals surface area contributed by atoms with Crippen molar-refractivity contribution in [3.05, 3.63) is 11.9 Å². The minimum absolute atomic E-state index is 0.224. The second kappa shape index (κ2) is 11.5. The number of carbonyl (C=O) groups is 2. The van der Waals surface area contributed by atoms with E-state index in [2.05, 4.69) is 29.5 Å². The van der Waals surface area contributed by atoms with Crippen molar-refractivity contribution in [3.8, 4) is 0 Å². The summed E-state index contributed by atoms with van der Waals surface area (Å²) in [7, 11) is 0. The van der Waals surface area contributed by atoms with Gasteiger partial charge in [-0.15, -0.1) is 5.10 Å². The van der Waals surface area contributed by atoms with Gasteiger partial charge >= 0.3 is 12.1 Å². The van der Waals surface area contributed by atoms with Crippen molar-refractivity contribution in [1.29, 1.82) is 0 Å². The van der Waals surface area contributed by atoms with Gasteiger partial charge in [0.05, 0.1) is 44.5 Å². The molecule has 9 nitrogen and oxygen atoms in total. The Morgan fingerprint density at radius 1 is 1.15 bits per heavy atom.